The molecule has 0 spiro atoms. The molecular formula is C11H14N2O2. The first kappa shape index (κ1) is 10.1. The number of hydrogen-bond donors (Lipinski definition) is 0. The van der Waals surface area contributed by atoms with Crippen LogP contribution in [0.25, 0.3) is 0 Å². The molecule has 0 amide bonds. The smallest absolute Gasteiger partial charge is 0.358 e. The number of ether oxygens (including phenoxy) is 1. The fourth-order valence-electron chi connectivity index (χ4n) is 1.87. The highest BCUT2D eigenvalue weighted by Gasteiger charge is 2.14. The lowest BCUT2D eigenvalue weighted by atomic mass is 10.1. The third kappa shape index (κ3) is 2.14. The fraction of sp³-hybridized carbons (Fsp3) is 0.545. The quantitative estimate of drug-likeness (QED) is 0.516. The lowest BCUT2D eigenvalue weighted by molar-refractivity contribution is 0.0592. The Labute approximate surface area is 88.7 Å². The van der Waals surface area contributed by atoms with E-state index in [0.717, 1.165) is 24.1 Å². The molecule has 15 heavy (non-hydrogen) atoms. The van der Waals surface area contributed by atoms with Gasteiger partial charge in [-0.05, 0) is 37.3 Å². The summed E-state index contributed by atoms with van der Waals surface area (Å²) >= 11 is 0. The van der Waals surface area contributed by atoms with Crippen molar-refractivity contribution < 1.29 is 9.53 Å². The maximum Gasteiger partial charge on any atom is 0.358 e. The molecule has 0 unspecified atom stereocenters. The molecule has 1 aliphatic rings. The molecule has 0 saturated carbocycles. The van der Waals surface area contributed by atoms with Crippen LogP contribution < -0.4 is 0 Å². The molecule has 80 valence electrons. The summed E-state index contributed by atoms with van der Waals surface area (Å²) in [6.45, 7) is 0. The van der Waals surface area contributed by atoms with Crippen molar-refractivity contribution >= 4 is 5.97 Å². The Morgan fingerprint density at radius 1 is 1.27 bits per heavy atom. The number of rotatable bonds is 1. The normalized spacial score (nSPS) is 15.3. The molecule has 1 heterocycles. The first-order valence-electron chi connectivity index (χ1n) is 5.25. The zero-order chi connectivity index (χ0) is 10.7. The van der Waals surface area contributed by atoms with Gasteiger partial charge in [-0.1, -0.05) is 6.42 Å². The topological polar surface area (TPSA) is 52.1 Å². The van der Waals surface area contributed by atoms with Gasteiger partial charge in [0, 0.05) is 0 Å². The van der Waals surface area contributed by atoms with Crippen LogP contribution in [0.2, 0.25) is 0 Å². The van der Waals surface area contributed by atoms with Gasteiger partial charge in [0.2, 0.25) is 0 Å². The minimum Gasteiger partial charge on any atom is -0.464 e. The Morgan fingerprint density at radius 2 is 2.07 bits per heavy atom. The highest BCUT2D eigenvalue weighted by atomic mass is 16.5. The number of esters is 1. The van der Waals surface area contributed by atoms with Crippen LogP contribution in [0.3, 0.4) is 0 Å². The molecule has 0 aliphatic heterocycles. The second-order valence-electron chi connectivity index (χ2n) is 3.75. The summed E-state index contributed by atoms with van der Waals surface area (Å²) < 4.78 is 4.62. The molecule has 4 nitrogen and oxygen atoms in total. The summed E-state index contributed by atoms with van der Waals surface area (Å²) in [6, 6.07) is 1.82. The van der Waals surface area contributed by atoms with Crippen molar-refractivity contribution in [1.82, 2.24) is 10.2 Å². The Bertz CT molecular complexity index is 377. The van der Waals surface area contributed by atoms with Crippen LogP contribution in [0.1, 0.15) is 41.0 Å². The van der Waals surface area contributed by atoms with Crippen LogP contribution in [0.15, 0.2) is 6.07 Å². The lowest BCUT2D eigenvalue weighted by Gasteiger charge is -2.04. The Kier molecular flexibility index (Phi) is 2.94. The standard InChI is InChI=1S/C11H14N2O2/c1-15-11(14)10-7-8-5-3-2-4-6-9(8)12-13-10/h7H,2-6H2,1H3. The van der Waals surface area contributed by atoms with Crippen molar-refractivity contribution in [2.45, 2.75) is 32.1 Å². The number of carbonyl (C=O) groups is 1. The molecule has 4 heteroatoms. The van der Waals surface area contributed by atoms with Crippen molar-refractivity contribution in [3.05, 3.63) is 23.0 Å². The van der Waals surface area contributed by atoms with Crippen LogP contribution in [0.4, 0.5) is 0 Å². The minimum absolute atomic E-state index is 0.318. The Morgan fingerprint density at radius 3 is 2.87 bits per heavy atom. The number of fused-ring (bicyclic) bond motifs is 1. The highest BCUT2D eigenvalue weighted by molar-refractivity contribution is 5.87. The Hall–Kier alpha value is -1.45. The fourth-order valence-corrected chi connectivity index (χ4v) is 1.87. The number of nitrogens with zero attached hydrogens (tertiary/aromatic N) is 2. The third-order valence-corrected chi connectivity index (χ3v) is 2.71. The van der Waals surface area contributed by atoms with Gasteiger partial charge in [-0.2, -0.15) is 5.10 Å². The van der Waals surface area contributed by atoms with Gasteiger partial charge >= 0.3 is 5.97 Å². The van der Waals surface area contributed by atoms with Gasteiger partial charge in [-0.25, -0.2) is 4.79 Å². The number of aromatic nitrogens is 2. The molecule has 1 aliphatic carbocycles. The second-order valence-corrected chi connectivity index (χ2v) is 3.75. The van der Waals surface area contributed by atoms with E-state index in [9.17, 15) is 4.79 Å². The molecule has 0 atom stereocenters. The first-order chi connectivity index (χ1) is 7.31. The third-order valence-electron chi connectivity index (χ3n) is 2.71. The predicted octanol–water partition coefficient (Wildman–Crippen LogP) is 1.53. The summed E-state index contributed by atoms with van der Waals surface area (Å²) in [6.07, 6.45) is 5.53. The van der Waals surface area contributed by atoms with Gasteiger partial charge < -0.3 is 4.74 Å². The highest BCUT2D eigenvalue weighted by Crippen LogP contribution is 2.18. The molecule has 1 aromatic rings. The van der Waals surface area contributed by atoms with Gasteiger partial charge in [0.1, 0.15) is 0 Å². The van der Waals surface area contributed by atoms with E-state index in [1.807, 2.05) is 6.07 Å². The summed E-state index contributed by atoms with van der Waals surface area (Å²) in [5.41, 5.74) is 2.52. The van der Waals surface area contributed by atoms with E-state index in [1.54, 1.807) is 0 Å². The van der Waals surface area contributed by atoms with E-state index in [-0.39, 0.29) is 0 Å². The molecule has 0 radical (unpaired) electrons. The van der Waals surface area contributed by atoms with Crippen LogP contribution in [-0.2, 0) is 17.6 Å². The molecular weight excluding hydrogens is 192 g/mol. The van der Waals surface area contributed by atoms with Crippen molar-refractivity contribution in [2.75, 3.05) is 7.11 Å². The van der Waals surface area contributed by atoms with Crippen LogP contribution in [0, 0.1) is 0 Å². The molecule has 0 N–H and O–H groups in total. The van der Waals surface area contributed by atoms with Crippen molar-refractivity contribution in [1.29, 1.82) is 0 Å². The van der Waals surface area contributed by atoms with E-state index in [2.05, 4.69) is 14.9 Å². The second kappa shape index (κ2) is 4.38. The predicted molar refractivity (Wildman–Crippen MR) is 54.6 cm³/mol. The van der Waals surface area contributed by atoms with Crippen molar-refractivity contribution in [3.63, 3.8) is 0 Å². The zero-order valence-corrected chi connectivity index (χ0v) is 8.82. The van der Waals surface area contributed by atoms with Gasteiger partial charge in [-0.3, -0.25) is 0 Å². The van der Waals surface area contributed by atoms with Crippen LogP contribution in [-0.4, -0.2) is 23.3 Å². The summed E-state index contributed by atoms with van der Waals surface area (Å²) in [5.74, 6) is -0.408. The van der Waals surface area contributed by atoms with E-state index >= 15 is 0 Å². The number of carbonyl (C=O) groups excluding carboxylic acids is 1. The number of methoxy groups -OCH3 is 1. The van der Waals surface area contributed by atoms with E-state index in [1.165, 1.54) is 26.4 Å². The Balaban J connectivity index is 2.31. The molecule has 1 aromatic heterocycles. The van der Waals surface area contributed by atoms with Gasteiger partial charge in [-0.15, -0.1) is 5.10 Å². The first-order valence-corrected chi connectivity index (χ1v) is 5.25. The number of aryl methyl sites for hydroxylation is 2. The van der Waals surface area contributed by atoms with Gasteiger partial charge in [0.05, 0.1) is 12.8 Å². The van der Waals surface area contributed by atoms with E-state index in [4.69, 9.17) is 0 Å². The molecule has 0 fully saturated rings. The number of hydrogen-bond acceptors (Lipinski definition) is 4. The summed E-state index contributed by atoms with van der Waals surface area (Å²) in [7, 11) is 1.36. The van der Waals surface area contributed by atoms with E-state index < -0.39 is 5.97 Å². The lowest BCUT2D eigenvalue weighted by Crippen LogP contribution is -2.09. The monoisotopic (exact) mass is 206 g/mol. The van der Waals surface area contributed by atoms with Crippen LogP contribution in [0.5, 0.6) is 0 Å². The minimum atomic E-state index is -0.408. The summed E-state index contributed by atoms with van der Waals surface area (Å²) in [5, 5.41) is 7.98. The summed E-state index contributed by atoms with van der Waals surface area (Å²) in [4.78, 5) is 11.3. The largest absolute Gasteiger partial charge is 0.464 e. The molecule has 0 aromatic carbocycles. The van der Waals surface area contributed by atoms with Gasteiger partial charge in [0.25, 0.3) is 0 Å². The maximum atomic E-state index is 11.3. The molecule has 0 saturated heterocycles. The molecule has 0 bridgehead atoms. The van der Waals surface area contributed by atoms with E-state index in [0.29, 0.717) is 5.69 Å². The van der Waals surface area contributed by atoms with Gasteiger partial charge in [0.15, 0.2) is 5.69 Å². The average molecular weight is 206 g/mol. The van der Waals surface area contributed by atoms with Crippen molar-refractivity contribution in [2.24, 2.45) is 0 Å². The van der Waals surface area contributed by atoms with Crippen molar-refractivity contribution in [3.8, 4) is 0 Å². The zero-order valence-electron chi connectivity index (χ0n) is 8.82. The molecule has 2 rings (SSSR count). The van der Waals surface area contributed by atoms with Crippen LogP contribution >= 0.6 is 0 Å². The average Bonchev–Trinajstić information content (AvgIpc) is 2.51. The SMILES string of the molecule is COC(=O)c1cc2c(nn1)CCCCC2. The maximum absolute atomic E-state index is 11.3.